The normalized spacial score (nSPS) is 11.3. The highest BCUT2D eigenvalue weighted by Gasteiger charge is 2.18. The van der Waals surface area contributed by atoms with Gasteiger partial charge in [-0.3, -0.25) is 9.59 Å². The van der Waals surface area contributed by atoms with Crippen molar-refractivity contribution in [2.75, 3.05) is 5.32 Å². The largest absolute Gasteiger partial charge is 0.508 e. The molecule has 0 aliphatic rings. The molecule has 10 nitrogen and oxygen atoms in total. The minimum absolute atomic E-state index is 0.0549. The maximum atomic E-state index is 13.3. The second-order valence-electron chi connectivity index (χ2n) is 9.48. The zero-order chi connectivity index (χ0) is 30.1. The Morgan fingerprint density at radius 3 is 2.19 bits per heavy atom. The summed E-state index contributed by atoms with van der Waals surface area (Å²) < 4.78 is 19.3. The molecule has 0 heterocycles. The van der Waals surface area contributed by atoms with Crippen LogP contribution >= 0.6 is 0 Å². The average Bonchev–Trinajstić information content (AvgIpc) is 2.97. The van der Waals surface area contributed by atoms with Gasteiger partial charge in [0.25, 0.3) is 5.91 Å². The maximum Gasteiger partial charge on any atom is 0.255 e. The third kappa shape index (κ3) is 8.54. The van der Waals surface area contributed by atoms with Crippen LogP contribution in [0.25, 0.3) is 0 Å². The Bertz CT molecular complexity index is 1550. The van der Waals surface area contributed by atoms with E-state index < -0.39 is 17.9 Å². The van der Waals surface area contributed by atoms with E-state index in [-0.39, 0.29) is 48.4 Å². The van der Waals surface area contributed by atoms with E-state index in [4.69, 9.17) is 21.9 Å². The van der Waals surface area contributed by atoms with E-state index in [0.717, 1.165) is 11.1 Å². The number of phenols is 1. The Labute approximate surface area is 242 Å². The fraction of sp³-hybridized carbons (Fsp3) is 0.129. The van der Waals surface area contributed by atoms with Crippen LogP contribution in [0.1, 0.15) is 27.0 Å². The van der Waals surface area contributed by atoms with E-state index in [9.17, 15) is 19.1 Å². The van der Waals surface area contributed by atoms with Crippen LogP contribution in [0.3, 0.4) is 0 Å². The Balaban J connectivity index is 1.46. The van der Waals surface area contributed by atoms with Crippen molar-refractivity contribution in [3.05, 3.63) is 119 Å². The number of hydrogen-bond acceptors (Lipinski definition) is 6. The van der Waals surface area contributed by atoms with Crippen LogP contribution in [0, 0.1) is 5.82 Å². The second kappa shape index (κ2) is 13.8. The van der Waals surface area contributed by atoms with Gasteiger partial charge in [-0.1, -0.05) is 36.4 Å². The third-order valence-electron chi connectivity index (χ3n) is 6.18. The highest BCUT2D eigenvalue weighted by Crippen LogP contribution is 2.25. The lowest BCUT2D eigenvalue weighted by atomic mass is 10.1. The quantitative estimate of drug-likeness (QED) is 0.118. The molecule has 11 heteroatoms. The van der Waals surface area contributed by atoms with Gasteiger partial charge in [-0.2, -0.15) is 0 Å². The molecule has 4 aromatic carbocycles. The number of carbonyl (C=O) groups is 2. The number of benzene rings is 4. The molecule has 0 aliphatic heterocycles. The smallest absolute Gasteiger partial charge is 0.255 e. The number of amides is 2. The summed E-state index contributed by atoms with van der Waals surface area (Å²) in [5.74, 6) is -0.934. The first kappa shape index (κ1) is 29.6. The van der Waals surface area contributed by atoms with Crippen molar-refractivity contribution < 1.29 is 23.8 Å². The number of halogens is 1. The lowest BCUT2D eigenvalue weighted by Gasteiger charge is -2.16. The van der Waals surface area contributed by atoms with Gasteiger partial charge in [0, 0.05) is 18.3 Å². The summed E-state index contributed by atoms with van der Waals surface area (Å²) >= 11 is 0. The summed E-state index contributed by atoms with van der Waals surface area (Å²) in [6, 6.07) is 23.0. The Morgan fingerprint density at radius 1 is 0.881 bits per heavy atom. The van der Waals surface area contributed by atoms with Gasteiger partial charge in [0.15, 0.2) is 5.96 Å². The standard InChI is InChI=1S/C31H31FN6O4/c32-22-7-1-21(2-8-22)18-42-28-16-24(11-14-26(28)29(40)36-17-20-5-12-25(39)13-6-20)37-30(41)27(33)15-19-3-9-23(10-4-19)38-31(34)35/h1-14,16,27,39H,15,17-18,33H2,(H,36,40)(H,37,41)(H4,34,35,38)/t27-/m0/s1. The number of nitrogens with two attached hydrogens (primary N) is 3. The molecule has 2 amide bonds. The first-order valence-electron chi connectivity index (χ1n) is 13.0. The number of aromatic hydroxyl groups is 1. The summed E-state index contributed by atoms with van der Waals surface area (Å²) in [7, 11) is 0. The van der Waals surface area contributed by atoms with Crippen LogP contribution in [0.4, 0.5) is 15.8 Å². The van der Waals surface area contributed by atoms with Crippen molar-refractivity contribution >= 4 is 29.1 Å². The number of nitrogens with zero attached hydrogens (tertiary/aromatic N) is 1. The highest BCUT2D eigenvalue weighted by atomic mass is 19.1. The lowest BCUT2D eigenvalue weighted by molar-refractivity contribution is -0.117. The molecule has 0 aromatic heterocycles. The van der Waals surface area contributed by atoms with Crippen LogP contribution in [-0.2, 0) is 24.4 Å². The number of carbonyl (C=O) groups excluding carboxylic acids is 2. The minimum atomic E-state index is -0.865. The molecule has 0 saturated carbocycles. The predicted octanol–water partition coefficient (Wildman–Crippen LogP) is 3.45. The molecule has 4 rings (SSSR count). The van der Waals surface area contributed by atoms with Gasteiger partial charge >= 0.3 is 0 Å². The second-order valence-corrected chi connectivity index (χ2v) is 9.48. The Hall–Kier alpha value is -5.42. The number of rotatable bonds is 11. The van der Waals surface area contributed by atoms with Crippen LogP contribution in [-0.4, -0.2) is 28.9 Å². The SMILES string of the molecule is NC(N)=Nc1ccc(C[C@H](N)C(=O)Nc2ccc(C(=O)NCc3ccc(O)cc3)c(OCc3ccc(F)cc3)c2)cc1. The third-order valence-corrected chi connectivity index (χ3v) is 6.18. The number of aliphatic imine (C=N–C) groups is 1. The zero-order valence-corrected chi connectivity index (χ0v) is 22.6. The average molecular weight is 571 g/mol. The lowest BCUT2D eigenvalue weighted by Crippen LogP contribution is -2.37. The van der Waals surface area contributed by atoms with E-state index in [2.05, 4.69) is 15.6 Å². The van der Waals surface area contributed by atoms with Crippen LogP contribution < -0.4 is 32.6 Å². The fourth-order valence-electron chi connectivity index (χ4n) is 3.98. The van der Waals surface area contributed by atoms with Crippen molar-refractivity contribution in [3.8, 4) is 11.5 Å². The van der Waals surface area contributed by atoms with E-state index in [1.54, 1.807) is 54.6 Å². The van der Waals surface area contributed by atoms with Crippen molar-refractivity contribution in [3.63, 3.8) is 0 Å². The number of anilines is 1. The molecule has 0 spiro atoms. The topological polar surface area (TPSA) is 178 Å². The number of phenolic OH excluding ortho intramolecular Hbond substituents is 1. The van der Waals surface area contributed by atoms with Gasteiger partial charge in [-0.25, -0.2) is 9.38 Å². The Morgan fingerprint density at radius 2 is 1.52 bits per heavy atom. The van der Waals surface area contributed by atoms with Gasteiger partial charge in [0.05, 0.1) is 17.3 Å². The number of guanidine groups is 1. The highest BCUT2D eigenvalue weighted by molar-refractivity contribution is 5.99. The summed E-state index contributed by atoms with van der Waals surface area (Å²) in [4.78, 5) is 29.9. The summed E-state index contributed by atoms with van der Waals surface area (Å²) in [5.41, 5.74) is 20.4. The molecular formula is C31H31FN6O4. The molecule has 1 atom stereocenters. The molecule has 0 aliphatic carbocycles. The monoisotopic (exact) mass is 570 g/mol. The first-order valence-corrected chi connectivity index (χ1v) is 13.0. The molecule has 0 unspecified atom stereocenters. The number of hydrogen-bond donors (Lipinski definition) is 6. The molecular weight excluding hydrogens is 539 g/mol. The van der Waals surface area contributed by atoms with Gasteiger partial charge in [-0.15, -0.1) is 0 Å². The van der Waals surface area contributed by atoms with E-state index in [1.807, 2.05) is 0 Å². The van der Waals surface area contributed by atoms with Crippen molar-refractivity contribution in [1.29, 1.82) is 0 Å². The van der Waals surface area contributed by atoms with Gasteiger partial charge in [-0.05, 0) is 71.6 Å². The van der Waals surface area contributed by atoms with Crippen molar-refractivity contribution in [1.82, 2.24) is 5.32 Å². The van der Waals surface area contributed by atoms with E-state index in [0.29, 0.717) is 16.9 Å². The number of ether oxygens (including phenoxy) is 1. The molecule has 42 heavy (non-hydrogen) atoms. The van der Waals surface area contributed by atoms with Gasteiger partial charge in [0.1, 0.15) is 23.9 Å². The zero-order valence-electron chi connectivity index (χ0n) is 22.6. The minimum Gasteiger partial charge on any atom is -0.508 e. The van der Waals surface area contributed by atoms with Crippen LogP contribution in [0.5, 0.6) is 11.5 Å². The molecule has 9 N–H and O–H groups in total. The molecule has 0 saturated heterocycles. The molecule has 0 bridgehead atoms. The summed E-state index contributed by atoms with van der Waals surface area (Å²) in [6.45, 7) is 0.280. The molecule has 4 aromatic rings. The maximum absolute atomic E-state index is 13.3. The van der Waals surface area contributed by atoms with Crippen molar-refractivity contribution in [2.24, 2.45) is 22.2 Å². The Kier molecular flexibility index (Phi) is 9.69. The van der Waals surface area contributed by atoms with Gasteiger partial charge in [0.2, 0.25) is 5.91 Å². The van der Waals surface area contributed by atoms with Crippen LogP contribution in [0.15, 0.2) is 96.0 Å². The molecule has 0 radical (unpaired) electrons. The fourth-order valence-corrected chi connectivity index (χ4v) is 3.98. The predicted molar refractivity (Wildman–Crippen MR) is 159 cm³/mol. The first-order chi connectivity index (χ1) is 20.2. The molecule has 216 valence electrons. The summed E-state index contributed by atoms with van der Waals surface area (Å²) in [5, 5.41) is 15.1. The van der Waals surface area contributed by atoms with E-state index in [1.165, 1.54) is 36.4 Å². The number of nitrogens with one attached hydrogen (secondary N) is 2. The molecule has 0 fully saturated rings. The van der Waals surface area contributed by atoms with Gasteiger partial charge < -0.3 is 37.7 Å². The van der Waals surface area contributed by atoms with E-state index >= 15 is 0 Å². The summed E-state index contributed by atoms with van der Waals surface area (Å²) in [6.07, 6.45) is 0.264. The van der Waals surface area contributed by atoms with Crippen LogP contribution in [0.2, 0.25) is 0 Å². The van der Waals surface area contributed by atoms with Crippen molar-refractivity contribution in [2.45, 2.75) is 25.6 Å².